The molecule has 8 nitrogen and oxygen atoms in total. The number of nitrogens with zero attached hydrogens (tertiary/aromatic N) is 2. The van der Waals surface area contributed by atoms with Crippen LogP contribution in [0.2, 0.25) is 0 Å². The number of methoxy groups -OCH3 is 1. The maximum atomic E-state index is 11.2. The third kappa shape index (κ3) is 4.82. The monoisotopic (exact) mass is 284 g/mol. The fourth-order valence-corrected chi connectivity index (χ4v) is 1.49. The van der Waals surface area contributed by atoms with Gasteiger partial charge in [-0.2, -0.15) is 0 Å². The molecule has 1 amide bonds. The van der Waals surface area contributed by atoms with Crippen LogP contribution in [0.4, 0.5) is 16.2 Å². The second-order valence-corrected chi connectivity index (χ2v) is 3.81. The van der Waals surface area contributed by atoms with Gasteiger partial charge in [0.15, 0.2) is 0 Å². The van der Waals surface area contributed by atoms with E-state index in [1.54, 1.807) is 7.11 Å². The lowest BCUT2D eigenvalue weighted by Crippen LogP contribution is -2.32. The van der Waals surface area contributed by atoms with Crippen LogP contribution in [0.5, 0.6) is 0 Å². The Morgan fingerprint density at radius 2 is 1.95 bits per heavy atom. The first kappa shape index (κ1) is 15.9. The Hall–Kier alpha value is -2.19. The third-order valence-electron chi connectivity index (χ3n) is 2.49. The third-order valence-corrected chi connectivity index (χ3v) is 2.49. The summed E-state index contributed by atoms with van der Waals surface area (Å²) in [5.74, 6) is 0. The predicted molar refractivity (Wildman–Crippen MR) is 71.2 cm³/mol. The van der Waals surface area contributed by atoms with Gasteiger partial charge >= 0.3 is 6.09 Å². The summed E-state index contributed by atoms with van der Waals surface area (Å²) < 4.78 is 10.00. The summed E-state index contributed by atoms with van der Waals surface area (Å²) in [5.41, 5.74) is 0.272. The summed E-state index contributed by atoms with van der Waals surface area (Å²) in [7, 11) is 1.55. The lowest BCUT2D eigenvalue weighted by atomic mass is 10.2. The van der Waals surface area contributed by atoms with E-state index in [-0.39, 0.29) is 18.8 Å². The number of rotatable bonds is 8. The molecule has 0 atom stereocenters. The average Bonchev–Trinajstić information content (AvgIpc) is 2.42. The fourth-order valence-electron chi connectivity index (χ4n) is 1.49. The standard InChI is InChI=1S/C12H16N2O6/c1-19-8-9-20-7-6-13(12(15)16)10-2-4-11(5-3-10)14(17)18/h2-5H,6-9H2,1H3,(H,15,16). The zero-order valence-electron chi connectivity index (χ0n) is 11.0. The zero-order chi connectivity index (χ0) is 15.0. The molecule has 0 radical (unpaired) electrons. The number of hydrogen-bond acceptors (Lipinski definition) is 5. The van der Waals surface area contributed by atoms with Crippen LogP contribution in [-0.4, -0.2) is 49.6 Å². The minimum absolute atomic E-state index is 0.0876. The number of nitro groups is 1. The van der Waals surface area contributed by atoms with Crippen LogP contribution < -0.4 is 4.90 Å². The summed E-state index contributed by atoms with van der Waals surface area (Å²) >= 11 is 0. The Morgan fingerprint density at radius 1 is 1.30 bits per heavy atom. The van der Waals surface area contributed by atoms with E-state index < -0.39 is 11.0 Å². The van der Waals surface area contributed by atoms with Gasteiger partial charge in [0.1, 0.15) is 0 Å². The molecule has 0 bridgehead atoms. The molecule has 0 spiro atoms. The lowest BCUT2D eigenvalue weighted by Gasteiger charge is -2.19. The highest BCUT2D eigenvalue weighted by Crippen LogP contribution is 2.19. The van der Waals surface area contributed by atoms with E-state index in [0.29, 0.717) is 18.9 Å². The molecule has 0 aliphatic carbocycles. The molecular weight excluding hydrogens is 268 g/mol. The van der Waals surface area contributed by atoms with Crippen LogP contribution in [0, 0.1) is 10.1 Å². The number of benzene rings is 1. The molecular formula is C12H16N2O6. The van der Waals surface area contributed by atoms with Gasteiger partial charge in [0.05, 0.1) is 31.3 Å². The molecule has 0 saturated heterocycles. The predicted octanol–water partition coefficient (Wildman–Crippen LogP) is 1.74. The van der Waals surface area contributed by atoms with Crippen LogP contribution >= 0.6 is 0 Å². The minimum atomic E-state index is -1.14. The van der Waals surface area contributed by atoms with Crippen LogP contribution in [-0.2, 0) is 9.47 Å². The first-order chi connectivity index (χ1) is 9.56. The molecule has 20 heavy (non-hydrogen) atoms. The van der Waals surface area contributed by atoms with Crippen LogP contribution in [0.15, 0.2) is 24.3 Å². The zero-order valence-corrected chi connectivity index (χ0v) is 11.0. The molecule has 1 N–H and O–H groups in total. The molecule has 1 aromatic carbocycles. The number of nitro benzene ring substituents is 1. The Labute approximate surface area is 115 Å². The number of amides is 1. The van der Waals surface area contributed by atoms with Crippen LogP contribution in [0.3, 0.4) is 0 Å². The first-order valence-electron chi connectivity index (χ1n) is 5.88. The summed E-state index contributed by atoms with van der Waals surface area (Å²) in [6, 6.07) is 5.30. The van der Waals surface area contributed by atoms with Crippen molar-refractivity contribution in [3.63, 3.8) is 0 Å². The number of non-ortho nitro benzene ring substituents is 1. The van der Waals surface area contributed by atoms with Gasteiger partial charge in [0.2, 0.25) is 0 Å². The van der Waals surface area contributed by atoms with E-state index in [2.05, 4.69) is 0 Å². The quantitative estimate of drug-likeness (QED) is 0.443. The molecule has 110 valence electrons. The Bertz CT molecular complexity index is 448. The molecule has 0 unspecified atom stereocenters. The molecule has 8 heteroatoms. The van der Waals surface area contributed by atoms with E-state index >= 15 is 0 Å². The van der Waals surface area contributed by atoms with Gasteiger partial charge < -0.3 is 14.6 Å². The van der Waals surface area contributed by atoms with E-state index in [1.807, 2.05) is 0 Å². The van der Waals surface area contributed by atoms with Crippen molar-refractivity contribution in [3.05, 3.63) is 34.4 Å². The van der Waals surface area contributed by atoms with Gasteiger partial charge in [-0.1, -0.05) is 0 Å². The molecule has 0 fully saturated rings. The SMILES string of the molecule is COCCOCCN(C(=O)O)c1ccc([N+](=O)[O-])cc1. The molecule has 0 aromatic heterocycles. The largest absolute Gasteiger partial charge is 0.465 e. The second kappa shape index (κ2) is 8.08. The van der Waals surface area contributed by atoms with E-state index in [9.17, 15) is 14.9 Å². The average molecular weight is 284 g/mol. The van der Waals surface area contributed by atoms with E-state index in [4.69, 9.17) is 14.6 Å². The van der Waals surface area contributed by atoms with Gasteiger partial charge in [-0.25, -0.2) is 4.79 Å². The van der Waals surface area contributed by atoms with Crippen molar-refractivity contribution in [2.75, 3.05) is 38.4 Å². The van der Waals surface area contributed by atoms with E-state index in [1.165, 1.54) is 24.3 Å². The molecule has 0 aliphatic heterocycles. The highest BCUT2D eigenvalue weighted by atomic mass is 16.6. The molecule has 1 aromatic rings. The van der Waals surface area contributed by atoms with Gasteiger partial charge in [0, 0.05) is 24.9 Å². The van der Waals surface area contributed by atoms with Crippen molar-refractivity contribution >= 4 is 17.5 Å². The van der Waals surface area contributed by atoms with Gasteiger partial charge in [0.25, 0.3) is 5.69 Å². The number of anilines is 1. The maximum Gasteiger partial charge on any atom is 0.411 e. The normalized spacial score (nSPS) is 10.2. The molecule has 1 rings (SSSR count). The van der Waals surface area contributed by atoms with Gasteiger partial charge in [-0.05, 0) is 12.1 Å². The summed E-state index contributed by atoms with van der Waals surface area (Å²) in [5, 5.41) is 19.7. The van der Waals surface area contributed by atoms with Crippen molar-refractivity contribution in [3.8, 4) is 0 Å². The number of ether oxygens (including phenoxy) is 2. The lowest BCUT2D eigenvalue weighted by molar-refractivity contribution is -0.384. The highest BCUT2D eigenvalue weighted by Gasteiger charge is 2.15. The summed E-state index contributed by atoms with van der Waals surface area (Å²) in [4.78, 5) is 22.2. The van der Waals surface area contributed by atoms with Crippen molar-refractivity contribution in [2.24, 2.45) is 0 Å². The second-order valence-electron chi connectivity index (χ2n) is 3.81. The Kier molecular flexibility index (Phi) is 6.41. The van der Waals surface area contributed by atoms with Crippen molar-refractivity contribution < 1.29 is 24.3 Å². The van der Waals surface area contributed by atoms with Gasteiger partial charge in [-0.3, -0.25) is 15.0 Å². The highest BCUT2D eigenvalue weighted by molar-refractivity contribution is 5.86. The molecule has 0 aliphatic rings. The summed E-state index contributed by atoms with van der Waals surface area (Å²) in [6.07, 6.45) is -1.14. The topological polar surface area (TPSA) is 102 Å². The number of hydrogen-bond donors (Lipinski definition) is 1. The summed E-state index contributed by atoms with van der Waals surface area (Å²) in [6.45, 7) is 1.17. The number of carbonyl (C=O) groups is 1. The van der Waals surface area contributed by atoms with Crippen molar-refractivity contribution in [2.45, 2.75) is 0 Å². The van der Waals surface area contributed by atoms with Crippen LogP contribution in [0.25, 0.3) is 0 Å². The smallest absolute Gasteiger partial charge is 0.411 e. The maximum absolute atomic E-state index is 11.2. The Morgan fingerprint density at radius 3 is 2.45 bits per heavy atom. The van der Waals surface area contributed by atoms with E-state index in [0.717, 1.165) is 4.90 Å². The molecule has 0 heterocycles. The first-order valence-corrected chi connectivity index (χ1v) is 5.88. The van der Waals surface area contributed by atoms with Crippen molar-refractivity contribution in [1.82, 2.24) is 0 Å². The van der Waals surface area contributed by atoms with Gasteiger partial charge in [-0.15, -0.1) is 0 Å². The Balaban J connectivity index is 2.61. The minimum Gasteiger partial charge on any atom is -0.465 e. The fraction of sp³-hybridized carbons (Fsp3) is 0.417. The molecule has 0 saturated carbocycles. The number of carboxylic acid groups (broad SMARTS) is 1. The van der Waals surface area contributed by atoms with Crippen LogP contribution in [0.1, 0.15) is 0 Å². The van der Waals surface area contributed by atoms with Crippen molar-refractivity contribution in [1.29, 1.82) is 0 Å².